The van der Waals surface area contributed by atoms with Gasteiger partial charge in [-0.1, -0.05) is 25.8 Å². The molecule has 0 radical (unpaired) electrons. The Kier molecular flexibility index (Phi) is 5.32. The molecule has 0 saturated heterocycles. The highest BCUT2D eigenvalue weighted by Gasteiger charge is 2.29. The van der Waals surface area contributed by atoms with Crippen LogP contribution in [0.3, 0.4) is 0 Å². The number of aliphatic hydroxyl groups excluding tert-OH is 1. The van der Waals surface area contributed by atoms with Crippen molar-refractivity contribution in [2.75, 3.05) is 7.11 Å². The van der Waals surface area contributed by atoms with Crippen molar-refractivity contribution in [2.24, 2.45) is 5.92 Å². The average Bonchev–Trinajstić information content (AvgIpc) is 2.35. The zero-order valence-electron chi connectivity index (χ0n) is 9.72. The van der Waals surface area contributed by atoms with E-state index in [-0.39, 0.29) is 5.92 Å². The lowest BCUT2D eigenvalue weighted by atomic mass is 9.83. The number of hydrogen-bond acceptors (Lipinski definition) is 4. The van der Waals surface area contributed by atoms with Gasteiger partial charge in [-0.3, -0.25) is 0 Å². The highest BCUT2D eigenvalue weighted by molar-refractivity contribution is 5.60. The van der Waals surface area contributed by atoms with E-state index >= 15 is 0 Å². The van der Waals surface area contributed by atoms with Crippen LogP contribution in [-0.2, 0) is 9.47 Å². The zero-order chi connectivity index (χ0) is 12.0. The quantitative estimate of drug-likeness (QED) is 0.592. The van der Waals surface area contributed by atoms with Crippen molar-refractivity contribution < 1.29 is 19.4 Å². The standard InChI is InChI=1S/C12H20O4/c1-3-10(16-12(14)15-2)11(13)9-7-5-4-6-8-9/h3,9-11,13H,1,4-8H2,2H3/t10-,11+/m0/s1. The lowest BCUT2D eigenvalue weighted by Gasteiger charge is -2.30. The Morgan fingerprint density at radius 1 is 1.44 bits per heavy atom. The van der Waals surface area contributed by atoms with Gasteiger partial charge in [-0.15, -0.1) is 0 Å². The van der Waals surface area contributed by atoms with Crippen LogP contribution in [0.25, 0.3) is 0 Å². The third kappa shape index (κ3) is 3.52. The molecule has 1 N–H and O–H groups in total. The van der Waals surface area contributed by atoms with Crippen LogP contribution in [-0.4, -0.2) is 30.6 Å². The van der Waals surface area contributed by atoms with Crippen LogP contribution in [0.5, 0.6) is 0 Å². The molecule has 4 nitrogen and oxygen atoms in total. The first-order valence-corrected chi connectivity index (χ1v) is 5.74. The Morgan fingerprint density at radius 2 is 2.06 bits per heavy atom. The van der Waals surface area contributed by atoms with Crippen LogP contribution in [0, 0.1) is 5.92 Å². The normalized spacial score (nSPS) is 20.9. The molecule has 16 heavy (non-hydrogen) atoms. The smallest absolute Gasteiger partial charge is 0.438 e. The summed E-state index contributed by atoms with van der Waals surface area (Å²) >= 11 is 0. The lowest BCUT2D eigenvalue weighted by molar-refractivity contribution is -0.0338. The van der Waals surface area contributed by atoms with E-state index < -0.39 is 18.4 Å². The number of methoxy groups -OCH3 is 1. The summed E-state index contributed by atoms with van der Waals surface area (Å²) in [7, 11) is 1.25. The van der Waals surface area contributed by atoms with E-state index in [0.29, 0.717) is 0 Å². The second-order valence-electron chi connectivity index (χ2n) is 4.16. The van der Waals surface area contributed by atoms with Crippen LogP contribution in [0.2, 0.25) is 0 Å². The second-order valence-corrected chi connectivity index (χ2v) is 4.16. The molecule has 0 bridgehead atoms. The minimum absolute atomic E-state index is 0.196. The van der Waals surface area contributed by atoms with Crippen molar-refractivity contribution in [3.8, 4) is 0 Å². The maximum atomic E-state index is 11.0. The first-order chi connectivity index (χ1) is 7.69. The predicted octanol–water partition coefficient (Wildman–Crippen LogP) is 2.27. The second kappa shape index (κ2) is 6.53. The van der Waals surface area contributed by atoms with Gasteiger partial charge in [0, 0.05) is 0 Å². The first kappa shape index (κ1) is 13.0. The summed E-state index contributed by atoms with van der Waals surface area (Å²) in [5.74, 6) is 0.196. The monoisotopic (exact) mass is 228 g/mol. The van der Waals surface area contributed by atoms with Crippen LogP contribution >= 0.6 is 0 Å². The van der Waals surface area contributed by atoms with Crippen molar-refractivity contribution >= 4 is 6.16 Å². The molecule has 1 fully saturated rings. The molecule has 0 aliphatic heterocycles. The Balaban J connectivity index is 2.50. The van der Waals surface area contributed by atoms with Crippen LogP contribution < -0.4 is 0 Å². The predicted molar refractivity (Wildman–Crippen MR) is 60.1 cm³/mol. The molecule has 0 unspecified atom stereocenters. The molecule has 2 atom stereocenters. The largest absolute Gasteiger partial charge is 0.508 e. The highest BCUT2D eigenvalue weighted by Crippen LogP contribution is 2.28. The van der Waals surface area contributed by atoms with Crippen molar-refractivity contribution in [3.63, 3.8) is 0 Å². The Morgan fingerprint density at radius 3 is 2.56 bits per heavy atom. The molecule has 0 aromatic rings. The van der Waals surface area contributed by atoms with Gasteiger partial charge in [0.15, 0.2) is 0 Å². The topological polar surface area (TPSA) is 55.8 Å². The zero-order valence-corrected chi connectivity index (χ0v) is 9.72. The first-order valence-electron chi connectivity index (χ1n) is 5.74. The molecular weight excluding hydrogens is 208 g/mol. The van der Waals surface area contributed by atoms with Gasteiger partial charge in [-0.25, -0.2) is 4.79 Å². The minimum Gasteiger partial charge on any atom is -0.438 e. The summed E-state index contributed by atoms with van der Waals surface area (Å²) in [6, 6.07) is 0. The van der Waals surface area contributed by atoms with Gasteiger partial charge >= 0.3 is 6.16 Å². The molecule has 92 valence electrons. The molecule has 1 saturated carbocycles. The molecule has 0 heterocycles. The minimum atomic E-state index is -0.778. The summed E-state index contributed by atoms with van der Waals surface area (Å²) in [4.78, 5) is 11.0. The molecule has 0 aromatic carbocycles. The van der Waals surface area contributed by atoms with E-state index in [1.54, 1.807) is 0 Å². The summed E-state index contributed by atoms with van der Waals surface area (Å²) in [6.07, 6.45) is 4.78. The Bertz CT molecular complexity index is 233. The number of carbonyl (C=O) groups excluding carboxylic acids is 1. The van der Waals surface area contributed by atoms with Crippen molar-refractivity contribution in [3.05, 3.63) is 12.7 Å². The van der Waals surface area contributed by atoms with Gasteiger partial charge in [-0.05, 0) is 24.8 Å². The lowest BCUT2D eigenvalue weighted by Crippen LogP contribution is -2.36. The van der Waals surface area contributed by atoms with Gasteiger partial charge in [0.25, 0.3) is 0 Å². The van der Waals surface area contributed by atoms with Gasteiger partial charge in [0.05, 0.1) is 13.2 Å². The average molecular weight is 228 g/mol. The van der Waals surface area contributed by atoms with Crippen molar-refractivity contribution in [1.29, 1.82) is 0 Å². The van der Waals surface area contributed by atoms with E-state index in [2.05, 4.69) is 11.3 Å². The summed E-state index contributed by atoms with van der Waals surface area (Å²) in [5.41, 5.74) is 0. The van der Waals surface area contributed by atoms with E-state index in [1.165, 1.54) is 19.6 Å². The fraction of sp³-hybridized carbons (Fsp3) is 0.750. The third-order valence-corrected chi connectivity index (χ3v) is 3.10. The maximum absolute atomic E-state index is 11.0. The molecule has 0 spiro atoms. The van der Waals surface area contributed by atoms with Crippen molar-refractivity contribution in [1.82, 2.24) is 0 Å². The number of carbonyl (C=O) groups is 1. The van der Waals surface area contributed by atoms with Crippen LogP contribution in [0.4, 0.5) is 4.79 Å². The maximum Gasteiger partial charge on any atom is 0.508 e. The SMILES string of the molecule is C=C[C@H](OC(=O)OC)[C@H](O)C1CCCCC1. The van der Waals surface area contributed by atoms with Gasteiger partial charge < -0.3 is 14.6 Å². The molecule has 1 aliphatic carbocycles. The summed E-state index contributed by atoms with van der Waals surface area (Å²) < 4.78 is 9.33. The number of aliphatic hydroxyl groups is 1. The molecule has 1 aliphatic rings. The highest BCUT2D eigenvalue weighted by atomic mass is 16.7. The Hall–Kier alpha value is -1.03. The summed E-state index contributed by atoms with van der Waals surface area (Å²) in [5, 5.41) is 10.1. The number of rotatable bonds is 4. The van der Waals surface area contributed by atoms with Crippen LogP contribution in [0.15, 0.2) is 12.7 Å². The molecule has 0 aromatic heterocycles. The fourth-order valence-corrected chi connectivity index (χ4v) is 2.16. The summed E-state index contributed by atoms with van der Waals surface area (Å²) in [6.45, 7) is 3.57. The molecule has 0 amide bonds. The van der Waals surface area contributed by atoms with Crippen LogP contribution in [0.1, 0.15) is 32.1 Å². The molecule has 1 rings (SSSR count). The number of ether oxygens (including phenoxy) is 2. The number of hydrogen-bond donors (Lipinski definition) is 1. The molecular formula is C12H20O4. The van der Waals surface area contributed by atoms with Gasteiger partial charge in [0.2, 0.25) is 0 Å². The fourth-order valence-electron chi connectivity index (χ4n) is 2.16. The van der Waals surface area contributed by atoms with Gasteiger partial charge in [-0.2, -0.15) is 0 Å². The van der Waals surface area contributed by atoms with E-state index in [4.69, 9.17) is 4.74 Å². The van der Waals surface area contributed by atoms with Crippen molar-refractivity contribution in [2.45, 2.75) is 44.3 Å². The third-order valence-electron chi connectivity index (χ3n) is 3.10. The van der Waals surface area contributed by atoms with E-state index in [0.717, 1.165) is 25.7 Å². The molecule has 4 heteroatoms. The Labute approximate surface area is 96.2 Å². The van der Waals surface area contributed by atoms with Gasteiger partial charge in [0.1, 0.15) is 6.10 Å². The van der Waals surface area contributed by atoms with E-state index in [1.807, 2.05) is 0 Å². The van der Waals surface area contributed by atoms with E-state index in [9.17, 15) is 9.90 Å².